The average molecular weight is 386 g/mol. The van der Waals surface area contributed by atoms with Gasteiger partial charge < -0.3 is 10.4 Å². The van der Waals surface area contributed by atoms with Gasteiger partial charge in [0.15, 0.2) is 9.84 Å². The van der Waals surface area contributed by atoms with Crippen LogP contribution in [0.2, 0.25) is 0 Å². The lowest BCUT2D eigenvalue weighted by Gasteiger charge is -2.32. The van der Waals surface area contributed by atoms with E-state index >= 15 is 0 Å². The molecule has 1 heterocycles. The minimum absolute atomic E-state index is 0.106. The molecule has 0 amide bonds. The van der Waals surface area contributed by atoms with Crippen molar-refractivity contribution in [2.45, 2.75) is 55.0 Å². The summed E-state index contributed by atoms with van der Waals surface area (Å²) >= 11 is 0. The van der Waals surface area contributed by atoms with Crippen molar-refractivity contribution in [3.8, 4) is 0 Å². The molecule has 3 atom stereocenters. The van der Waals surface area contributed by atoms with E-state index in [4.69, 9.17) is 0 Å². The van der Waals surface area contributed by atoms with Crippen LogP contribution in [-0.2, 0) is 9.84 Å². The van der Waals surface area contributed by atoms with Crippen LogP contribution in [0, 0.1) is 0 Å². The third kappa shape index (κ3) is 3.96. The second-order valence-corrected chi connectivity index (χ2v) is 10.0. The van der Waals surface area contributed by atoms with E-state index in [0.717, 1.165) is 36.8 Å². The summed E-state index contributed by atoms with van der Waals surface area (Å²) in [5, 5.41) is 12.9. The second-order valence-electron chi connectivity index (χ2n) is 7.88. The molecule has 2 fully saturated rings. The Balaban J connectivity index is 1.68. The van der Waals surface area contributed by atoms with Crippen LogP contribution >= 0.6 is 0 Å². The summed E-state index contributed by atoms with van der Waals surface area (Å²) in [5.41, 5.74) is 1.94. The van der Waals surface area contributed by atoms with Crippen molar-refractivity contribution in [2.24, 2.45) is 0 Å². The SMILES string of the molecule is O=S1(=O)CC(NC2CCC(O)CC2)C(c2ccccc2)C1c1ccccc1. The zero-order chi connectivity index (χ0) is 18.9. The average Bonchev–Trinajstić information content (AvgIpc) is 2.95. The Morgan fingerprint density at radius 2 is 1.37 bits per heavy atom. The number of benzene rings is 2. The summed E-state index contributed by atoms with van der Waals surface area (Å²) in [4.78, 5) is 0. The van der Waals surface area contributed by atoms with Gasteiger partial charge in [-0.3, -0.25) is 0 Å². The van der Waals surface area contributed by atoms with Crippen molar-refractivity contribution in [3.05, 3.63) is 71.8 Å². The lowest BCUT2D eigenvalue weighted by molar-refractivity contribution is 0.114. The molecule has 27 heavy (non-hydrogen) atoms. The standard InChI is InChI=1S/C22H27NO3S/c24-19-13-11-18(12-14-19)23-20-15-27(25,26)22(17-9-5-2-6-10-17)21(20)16-7-3-1-4-8-16/h1-10,18-24H,11-15H2. The number of rotatable bonds is 4. The lowest BCUT2D eigenvalue weighted by Crippen LogP contribution is -2.44. The zero-order valence-electron chi connectivity index (χ0n) is 15.4. The van der Waals surface area contributed by atoms with Crippen molar-refractivity contribution < 1.29 is 13.5 Å². The molecule has 0 radical (unpaired) electrons. The summed E-state index contributed by atoms with van der Waals surface area (Å²) in [6.45, 7) is 0. The highest BCUT2D eigenvalue weighted by atomic mass is 32.2. The third-order valence-corrected chi connectivity index (χ3v) is 8.18. The number of aliphatic hydroxyl groups is 1. The van der Waals surface area contributed by atoms with Gasteiger partial charge >= 0.3 is 0 Å². The summed E-state index contributed by atoms with van der Waals surface area (Å²) in [6.07, 6.45) is 3.16. The fraction of sp³-hybridized carbons (Fsp3) is 0.455. The molecule has 3 unspecified atom stereocenters. The molecule has 144 valence electrons. The van der Waals surface area contributed by atoms with E-state index in [0.29, 0.717) is 0 Å². The van der Waals surface area contributed by atoms with Gasteiger partial charge in [0.2, 0.25) is 0 Å². The largest absolute Gasteiger partial charge is 0.393 e. The summed E-state index contributed by atoms with van der Waals surface area (Å²) in [6, 6.07) is 19.8. The monoisotopic (exact) mass is 385 g/mol. The first-order valence-electron chi connectivity index (χ1n) is 9.80. The van der Waals surface area contributed by atoms with E-state index in [1.807, 2.05) is 60.7 Å². The molecule has 2 aromatic rings. The minimum Gasteiger partial charge on any atom is -0.393 e. The van der Waals surface area contributed by atoms with E-state index in [1.54, 1.807) is 0 Å². The molecule has 1 saturated carbocycles. The molecule has 4 nitrogen and oxygen atoms in total. The molecule has 2 N–H and O–H groups in total. The van der Waals surface area contributed by atoms with Crippen LogP contribution in [0.3, 0.4) is 0 Å². The fourth-order valence-corrected chi connectivity index (χ4v) is 7.11. The maximum absolute atomic E-state index is 13.2. The maximum Gasteiger partial charge on any atom is 0.159 e. The molecule has 5 heteroatoms. The van der Waals surface area contributed by atoms with E-state index in [-0.39, 0.29) is 29.9 Å². The molecule has 2 aromatic carbocycles. The van der Waals surface area contributed by atoms with Gasteiger partial charge in [0.05, 0.1) is 17.1 Å². The molecular weight excluding hydrogens is 358 g/mol. The van der Waals surface area contributed by atoms with E-state index in [9.17, 15) is 13.5 Å². The van der Waals surface area contributed by atoms with Crippen molar-refractivity contribution in [2.75, 3.05) is 5.75 Å². The Bertz CT molecular complexity index is 846. The molecule has 0 bridgehead atoms. The first-order valence-corrected chi connectivity index (χ1v) is 11.5. The maximum atomic E-state index is 13.2. The van der Waals surface area contributed by atoms with Gasteiger partial charge in [-0.2, -0.15) is 0 Å². The molecular formula is C22H27NO3S. The van der Waals surface area contributed by atoms with Gasteiger partial charge in [0.1, 0.15) is 0 Å². The predicted molar refractivity (Wildman–Crippen MR) is 107 cm³/mol. The number of hydrogen-bond acceptors (Lipinski definition) is 4. The zero-order valence-corrected chi connectivity index (χ0v) is 16.2. The van der Waals surface area contributed by atoms with Crippen LogP contribution in [0.25, 0.3) is 0 Å². The van der Waals surface area contributed by atoms with Gasteiger partial charge in [-0.15, -0.1) is 0 Å². The molecule has 4 rings (SSSR count). The van der Waals surface area contributed by atoms with Gasteiger partial charge in [-0.1, -0.05) is 60.7 Å². The van der Waals surface area contributed by atoms with Crippen LogP contribution in [0.15, 0.2) is 60.7 Å². The normalized spacial score (nSPS) is 33.0. The first-order chi connectivity index (χ1) is 13.0. The lowest BCUT2D eigenvalue weighted by atomic mass is 9.85. The highest BCUT2D eigenvalue weighted by molar-refractivity contribution is 7.92. The summed E-state index contributed by atoms with van der Waals surface area (Å²) in [7, 11) is -3.26. The number of sulfone groups is 1. The Hall–Kier alpha value is -1.69. The van der Waals surface area contributed by atoms with Crippen LogP contribution in [0.4, 0.5) is 0 Å². The van der Waals surface area contributed by atoms with Crippen molar-refractivity contribution in [3.63, 3.8) is 0 Å². The Kier molecular flexibility index (Phi) is 5.35. The Morgan fingerprint density at radius 3 is 1.96 bits per heavy atom. The molecule has 0 aromatic heterocycles. The minimum atomic E-state index is -3.26. The number of nitrogens with one attached hydrogen (secondary N) is 1. The van der Waals surface area contributed by atoms with Crippen LogP contribution in [0.5, 0.6) is 0 Å². The van der Waals surface area contributed by atoms with Crippen molar-refractivity contribution >= 4 is 9.84 Å². The summed E-state index contributed by atoms with van der Waals surface area (Å²) in [5.74, 6) is 0.0518. The Labute approximate surface area is 161 Å². The van der Waals surface area contributed by atoms with Gasteiger partial charge in [0.25, 0.3) is 0 Å². The second kappa shape index (κ2) is 7.74. The van der Waals surface area contributed by atoms with Gasteiger partial charge in [0, 0.05) is 18.0 Å². The first kappa shape index (κ1) is 18.7. The Morgan fingerprint density at radius 1 is 0.815 bits per heavy atom. The summed E-state index contributed by atoms with van der Waals surface area (Å²) < 4.78 is 26.3. The number of hydrogen-bond donors (Lipinski definition) is 2. The molecule has 1 saturated heterocycles. The van der Waals surface area contributed by atoms with Crippen LogP contribution in [-0.4, -0.2) is 37.5 Å². The predicted octanol–water partition coefficient (Wildman–Crippen LogP) is 3.20. The van der Waals surface area contributed by atoms with Crippen molar-refractivity contribution in [1.82, 2.24) is 5.32 Å². The van der Waals surface area contributed by atoms with Crippen LogP contribution in [0.1, 0.15) is 48.0 Å². The fourth-order valence-electron chi connectivity index (χ4n) is 4.73. The molecule has 0 spiro atoms. The molecule has 1 aliphatic carbocycles. The van der Waals surface area contributed by atoms with Crippen LogP contribution < -0.4 is 5.32 Å². The van der Waals surface area contributed by atoms with E-state index in [2.05, 4.69) is 5.32 Å². The molecule has 2 aliphatic rings. The number of aliphatic hydroxyl groups excluding tert-OH is 1. The van der Waals surface area contributed by atoms with E-state index in [1.165, 1.54) is 0 Å². The molecule has 1 aliphatic heterocycles. The van der Waals surface area contributed by atoms with Crippen molar-refractivity contribution in [1.29, 1.82) is 0 Å². The smallest absolute Gasteiger partial charge is 0.159 e. The third-order valence-electron chi connectivity index (χ3n) is 6.02. The van der Waals surface area contributed by atoms with Gasteiger partial charge in [-0.05, 0) is 36.8 Å². The van der Waals surface area contributed by atoms with E-state index < -0.39 is 15.1 Å². The van der Waals surface area contributed by atoms with Gasteiger partial charge in [-0.25, -0.2) is 8.42 Å². The quantitative estimate of drug-likeness (QED) is 0.848. The topological polar surface area (TPSA) is 66.4 Å². The highest BCUT2D eigenvalue weighted by Crippen LogP contribution is 2.46. The highest BCUT2D eigenvalue weighted by Gasteiger charge is 2.49.